The number of esters is 3. The van der Waals surface area contributed by atoms with Gasteiger partial charge in [0.15, 0.2) is 38.0 Å². The smallest absolute Gasteiger partial charge is 0.338 e. The van der Waals surface area contributed by atoms with Crippen molar-refractivity contribution in [3.63, 3.8) is 0 Å². The van der Waals surface area contributed by atoms with Crippen LogP contribution in [0.25, 0.3) is 0 Å². The van der Waals surface area contributed by atoms with Gasteiger partial charge in [-0.05, 0) is 25.0 Å². The zero-order valence-electron chi connectivity index (χ0n) is 41.3. The molecule has 0 saturated carbocycles. The molecule has 1 atom stereocenters. The zero-order chi connectivity index (χ0) is 46.6. The van der Waals surface area contributed by atoms with E-state index in [1.54, 1.807) is 0 Å². The second-order valence-corrected chi connectivity index (χ2v) is 17.2. The van der Waals surface area contributed by atoms with Crippen LogP contribution < -0.4 is 14.2 Å². The Hall–Kier alpha value is -3.09. The van der Waals surface area contributed by atoms with E-state index >= 15 is 0 Å². The summed E-state index contributed by atoms with van der Waals surface area (Å²) < 4.78 is 49.2. The van der Waals surface area contributed by atoms with Crippen molar-refractivity contribution in [2.24, 2.45) is 0 Å². The van der Waals surface area contributed by atoms with Gasteiger partial charge in [0.2, 0.25) is 5.75 Å². The number of hydrogen-bond donors (Lipinski definition) is 0. The molecule has 0 amide bonds. The van der Waals surface area contributed by atoms with Gasteiger partial charge in [-0.2, -0.15) is 0 Å². The average molecular weight is 909 g/mol. The van der Waals surface area contributed by atoms with Crippen molar-refractivity contribution in [2.75, 3.05) is 54.9 Å². The van der Waals surface area contributed by atoms with Gasteiger partial charge in [0.1, 0.15) is 13.2 Å². The van der Waals surface area contributed by atoms with Gasteiger partial charge in [-0.3, -0.25) is 9.59 Å². The highest BCUT2D eigenvalue weighted by Gasteiger charge is 2.23. The average Bonchev–Trinajstić information content (AvgIpc) is 3.30. The lowest BCUT2D eigenvalue weighted by Crippen LogP contribution is -2.31. The fourth-order valence-corrected chi connectivity index (χ4v) is 7.57. The Kier molecular flexibility index (Phi) is 40.3. The molecule has 0 spiro atoms. The molecule has 64 heavy (non-hydrogen) atoms. The van der Waals surface area contributed by atoms with E-state index in [4.69, 9.17) is 42.6 Å². The highest BCUT2D eigenvalue weighted by Crippen LogP contribution is 2.39. The maximum absolute atomic E-state index is 13.4. The summed E-state index contributed by atoms with van der Waals surface area (Å²) >= 11 is 0. The Balaban J connectivity index is 2.63. The summed E-state index contributed by atoms with van der Waals surface area (Å²) in [6, 6.07) is 2.86. The number of rotatable bonds is 47. The Bertz CT molecular complexity index is 1230. The molecule has 0 aliphatic heterocycles. The summed E-state index contributed by atoms with van der Waals surface area (Å²) in [4.78, 5) is 39.2. The Labute approximate surface area is 389 Å². The molecule has 0 fully saturated rings. The topological polar surface area (TPSA) is 134 Å². The number of hydrogen-bond acceptors (Lipinski definition) is 12. The van der Waals surface area contributed by atoms with Crippen molar-refractivity contribution in [3.05, 3.63) is 17.7 Å². The zero-order valence-corrected chi connectivity index (χ0v) is 41.3. The van der Waals surface area contributed by atoms with Gasteiger partial charge in [-0.1, -0.05) is 194 Å². The molecule has 0 bridgehead atoms. The second-order valence-electron chi connectivity index (χ2n) is 17.2. The van der Waals surface area contributed by atoms with Gasteiger partial charge in [-0.25, -0.2) is 4.79 Å². The Morgan fingerprint density at radius 2 is 0.750 bits per heavy atom. The first kappa shape index (κ1) is 58.9. The van der Waals surface area contributed by atoms with Gasteiger partial charge < -0.3 is 42.6 Å². The number of methoxy groups -OCH3 is 3. The third kappa shape index (κ3) is 33.4. The second kappa shape index (κ2) is 43.8. The van der Waals surface area contributed by atoms with Crippen LogP contribution >= 0.6 is 0 Å². The lowest BCUT2D eigenvalue weighted by molar-refractivity contribution is -0.161. The molecule has 0 heterocycles. The van der Waals surface area contributed by atoms with E-state index < -0.39 is 18.0 Å². The third-order valence-electron chi connectivity index (χ3n) is 11.3. The van der Waals surface area contributed by atoms with Crippen molar-refractivity contribution in [1.82, 2.24) is 0 Å². The maximum Gasteiger partial charge on any atom is 0.338 e. The summed E-state index contributed by atoms with van der Waals surface area (Å²) in [5.41, 5.74) is 0.0787. The predicted octanol–water partition coefficient (Wildman–Crippen LogP) is 13.8. The van der Waals surface area contributed by atoms with E-state index in [0.717, 1.165) is 38.5 Å². The number of carbonyl (C=O) groups excluding carboxylic acids is 3. The van der Waals surface area contributed by atoms with Gasteiger partial charge in [0.25, 0.3) is 0 Å². The van der Waals surface area contributed by atoms with Crippen LogP contribution in [0.4, 0.5) is 0 Å². The third-order valence-corrected chi connectivity index (χ3v) is 11.3. The van der Waals surface area contributed by atoms with Crippen LogP contribution in [0, 0.1) is 0 Å². The highest BCUT2D eigenvalue weighted by atomic mass is 16.7. The lowest BCUT2D eigenvalue weighted by Gasteiger charge is -2.19. The summed E-state index contributed by atoms with van der Waals surface area (Å²) in [6.45, 7) is 3.61. The number of ether oxygens (including phenoxy) is 9. The Morgan fingerprint density at radius 1 is 0.422 bits per heavy atom. The van der Waals surface area contributed by atoms with Gasteiger partial charge in [0.05, 0.1) is 5.56 Å². The fraction of sp³-hybridized carbons (Fsp3) is 0.827. The first-order valence-electron chi connectivity index (χ1n) is 25.4. The molecule has 0 radical (unpaired) electrons. The maximum atomic E-state index is 13.4. The summed E-state index contributed by atoms with van der Waals surface area (Å²) in [5.74, 6) is -1.04. The SMILES string of the molecule is CCCCCCCCCCCCCCCCCC(=O)OCC(COC(=O)c1cc(OCOC)c(OCOC)c(OCOC)c1)OC(=O)CCCCCCCCCCCCCCCCC. The predicted molar refractivity (Wildman–Crippen MR) is 254 cm³/mol. The molecule has 1 aromatic carbocycles. The van der Waals surface area contributed by atoms with E-state index in [0.29, 0.717) is 6.42 Å². The van der Waals surface area contributed by atoms with Crippen LogP contribution in [0.1, 0.15) is 230 Å². The molecule has 0 aromatic heterocycles. The molecule has 1 rings (SSSR count). The van der Waals surface area contributed by atoms with E-state index in [2.05, 4.69) is 13.8 Å². The van der Waals surface area contributed by atoms with E-state index in [9.17, 15) is 14.4 Å². The van der Waals surface area contributed by atoms with Crippen molar-refractivity contribution < 1.29 is 57.0 Å². The first-order valence-corrected chi connectivity index (χ1v) is 25.4. The molecule has 12 nitrogen and oxygen atoms in total. The number of benzene rings is 1. The molecular weight excluding hydrogens is 817 g/mol. The largest absolute Gasteiger partial charge is 0.463 e. The minimum Gasteiger partial charge on any atom is -0.463 e. The molecule has 0 aliphatic carbocycles. The van der Waals surface area contributed by atoms with Gasteiger partial charge in [0, 0.05) is 34.2 Å². The molecule has 372 valence electrons. The van der Waals surface area contributed by atoms with Crippen LogP contribution in [0.5, 0.6) is 17.2 Å². The van der Waals surface area contributed by atoms with E-state index in [1.165, 1.54) is 181 Å². The van der Waals surface area contributed by atoms with Crippen LogP contribution in [-0.2, 0) is 38.0 Å². The van der Waals surface area contributed by atoms with Crippen LogP contribution in [0.3, 0.4) is 0 Å². The van der Waals surface area contributed by atoms with Crippen LogP contribution in [-0.4, -0.2) is 78.9 Å². The number of carbonyl (C=O) groups is 3. The van der Waals surface area contributed by atoms with Gasteiger partial charge >= 0.3 is 17.9 Å². The van der Waals surface area contributed by atoms with Crippen LogP contribution in [0.15, 0.2) is 12.1 Å². The minimum atomic E-state index is -0.976. The van der Waals surface area contributed by atoms with E-state index in [1.807, 2.05) is 0 Å². The van der Waals surface area contributed by atoms with Gasteiger partial charge in [-0.15, -0.1) is 0 Å². The van der Waals surface area contributed by atoms with Crippen molar-refractivity contribution in [2.45, 2.75) is 225 Å². The number of unbranched alkanes of at least 4 members (excludes halogenated alkanes) is 28. The molecule has 1 aromatic rings. The summed E-state index contributed by atoms with van der Waals surface area (Å²) in [5, 5.41) is 0. The molecular formula is C52H92O12. The monoisotopic (exact) mass is 909 g/mol. The molecule has 12 heteroatoms. The summed E-state index contributed by atoms with van der Waals surface area (Å²) in [7, 11) is 4.40. The molecule has 1 unspecified atom stereocenters. The molecule has 0 N–H and O–H groups in total. The highest BCUT2D eigenvalue weighted by molar-refractivity contribution is 5.91. The fourth-order valence-electron chi connectivity index (χ4n) is 7.57. The first-order chi connectivity index (χ1) is 31.4. The van der Waals surface area contributed by atoms with Crippen molar-refractivity contribution >= 4 is 17.9 Å². The normalized spacial score (nSPS) is 11.6. The van der Waals surface area contributed by atoms with Crippen molar-refractivity contribution in [3.8, 4) is 17.2 Å². The van der Waals surface area contributed by atoms with Crippen LogP contribution in [0.2, 0.25) is 0 Å². The Morgan fingerprint density at radius 3 is 1.12 bits per heavy atom. The quantitative estimate of drug-likeness (QED) is 0.0267. The molecule has 0 aliphatic rings. The minimum absolute atomic E-state index is 0.0787. The van der Waals surface area contributed by atoms with E-state index in [-0.39, 0.29) is 75.2 Å². The summed E-state index contributed by atoms with van der Waals surface area (Å²) in [6.07, 6.45) is 36.7. The molecule has 0 saturated heterocycles. The van der Waals surface area contributed by atoms with Crippen molar-refractivity contribution in [1.29, 1.82) is 0 Å². The standard InChI is InChI=1S/C52H92O12/c1-6-8-10-12-14-16-18-20-22-24-26-28-30-32-34-36-49(53)59-40-46(64-50(54)37-35-33-31-29-27-25-23-21-19-17-15-13-11-9-7-2)41-60-52(55)45-38-47(61-42-56-3)51(63-44-58-5)48(39-45)62-43-57-4/h38-39,46H,6-37,40-44H2,1-5H3. The lowest BCUT2D eigenvalue weighted by atomic mass is 10.0.